The van der Waals surface area contributed by atoms with Gasteiger partial charge in [0.15, 0.2) is 5.78 Å². The molecule has 0 aromatic heterocycles. The van der Waals surface area contributed by atoms with Gasteiger partial charge < -0.3 is 0 Å². The number of hydrogen-bond donors (Lipinski definition) is 0. The zero-order valence-electron chi connectivity index (χ0n) is 12.8. The van der Waals surface area contributed by atoms with Crippen LogP contribution in [-0.2, 0) is 0 Å². The van der Waals surface area contributed by atoms with Crippen LogP contribution in [0.1, 0.15) is 27.0 Å². The van der Waals surface area contributed by atoms with Gasteiger partial charge in [0, 0.05) is 11.1 Å². The van der Waals surface area contributed by atoms with Crippen molar-refractivity contribution in [2.24, 2.45) is 0 Å². The largest absolute Gasteiger partial charge is 0.289 e. The van der Waals surface area contributed by atoms with E-state index in [1.807, 2.05) is 67.6 Å². The van der Waals surface area contributed by atoms with Crippen LogP contribution in [0.25, 0.3) is 11.1 Å². The highest BCUT2D eigenvalue weighted by atomic mass is 16.1. The Hall–Kier alpha value is -2.67. The molecule has 0 N–H and O–H groups in total. The molecule has 0 bridgehead atoms. The van der Waals surface area contributed by atoms with E-state index in [1.54, 1.807) is 0 Å². The Bertz CT molecular complexity index is 799. The van der Waals surface area contributed by atoms with E-state index >= 15 is 0 Å². The second kappa shape index (κ2) is 5.98. The van der Waals surface area contributed by atoms with Gasteiger partial charge in [0.05, 0.1) is 0 Å². The SMILES string of the molecule is Cc1ccc(C(=O)c2ccc(-c3ccccc3)cc2)cc1C. The van der Waals surface area contributed by atoms with E-state index in [-0.39, 0.29) is 5.78 Å². The van der Waals surface area contributed by atoms with E-state index < -0.39 is 0 Å². The number of aryl methyl sites for hydroxylation is 2. The van der Waals surface area contributed by atoms with Gasteiger partial charge in [-0.25, -0.2) is 0 Å². The quantitative estimate of drug-likeness (QED) is 0.605. The molecule has 0 amide bonds. The molecule has 0 heterocycles. The summed E-state index contributed by atoms with van der Waals surface area (Å²) < 4.78 is 0. The summed E-state index contributed by atoms with van der Waals surface area (Å²) in [6, 6.07) is 23.8. The third-order valence-electron chi connectivity index (χ3n) is 4.02. The van der Waals surface area contributed by atoms with Crippen LogP contribution in [0.2, 0.25) is 0 Å². The number of ketones is 1. The van der Waals surface area contributed by atoms with Gasteiger partial charge in [0.2, 0.25) is 0 Å². The maximum atomic E-state index is 12.6. The van der Waals surface area contributed by atoms with Crippen molar-refractivity contribution in [1.82, 2.24) is 0 Å². The highest BCUT2D eigenvalue weighted by Gasteiger charge is 2.10. The molecule has 3 rings (SSSR count). The molecule has 0 unspecified atom stereocenters. The minimum Gasteiger partial charge on any atom is -0.289 e. The highest BCUT2D eigenvalue weighted by molar-refractivity contribution is 6.09. The Balaban J connectivity index is 1.89. The van der Waals surface area contributed by atoms with E-state index in [2.05, 4.69) is 19.1 Å². The van der Waals surface area contributed by atoms with Crippen LogP contribution in [0.3, 0.4) is 0 Å². The molecular formula is C21H18O. The predicted molar refractivity (Wildman–Crippen MR) is 91.2 cm³/mol. The van der Waals surface area contributed by atoms with Gasteiger partial charge in [-0.05, 0) is 42.2 Å². The van der Waals surface area contributed by atoms with E-state index in [0.717, 1.165) is 27.8 Å². The summed E-state index contributed by atoms with van der Waals surface area (Å²) in [7, 11) is 0. The molecule has 22 heavy (non-hydrogen) atoms. The zero-order valence-corrected chi connectivity index (χ0v) is 12.8. The first kappa shape index (κ1) is 14.3. The van der Waals surface area contributed by atoms with Gasteiger partial charge in [-0.2, -0.15) is 0 Å². The lowest BCUT2D eigenvalue weighted by atomic mass is 9.97. The molecule has 0 atom stereocenters. The molecule has 0 radical (unpaired) electrons. The smallest absolute Gasteiger partial charge is 0.193 e. The molecule has 0 aliphatic heterocycles. The number of benzene rings is 3. The van der Waals surface area contributed by atoms with Crippen LogP contribution in [0.15, 0.2) is 72.8 Å². The Morgan fingerprint density at radius 2 is 1.23 bits per heavy atom. The van der Waals surface area contributed by atoms with E-state index in [1.165, 1.54) is 5.56 Å². The fourth-order valence-corrected chi connectivity index (χ4v) is 2.49. The normalized spacial score (nSPS) is 10.5. The molecule has 0 fully saturated rings. The first-order valence-corrected chi connectivity index (χ1v) is 7.42. The van der Waals surface area contributed by atoms with Crippen LogP contribution < -0.4 is 0 Å². The number of carbonyl (C=O) groups excluding carboxylic acids is 1. The number of carbonyl (C=O) groups is 1. The molecule has 0 aliphatic rings. The van der Waals surface area contributed by atoms with Gasteiger partial charge in [-0.15, -0.1) is 0 Å². The van der Waals surface area contributed by atoms with E-state index in [0.29, 0.717) is 0 Å². The third-order valence-corrected chi connectivity index (χ3v) is 4.02. The van der Waals surface area contributed by atoms with E-state index in [9.17, 15) is 4.79 Å². The first-order chi connectivity index (χ1) is 10.6. The molecule has 0 saturated heterocycles. The minimum atomic E-state index is 0.0720. The van der Waals surface area contributed by atoms with Crippen LogP contribution in [0, 0.1) is 13.8 Å². The Labute approximate surface area is 131 Å². The number of rotatable bonds is 3. The lowest BCUT2D eigenvalue weighted by Crippen LogP contribution is -2.02. The Morgan fingerprint density at radius 3 is 1.86 bits per heavy atom. The fraction of sp³-hybridized carbons (Fsp3) is 0.0952. The monoisotopic (exact) mass is 286 g/mol. The molecular weight excluding hydrogens is 268 g/mol. The number of hydrogen-bond acceptors (Lipinski definition) is 1. The summed E-state index contributed by atoms with van der Waals surface area (Å²) in [4.78, 5) is 12.6. The average molecular weight is 286 g/mol. The van der Waals surface area contributed by atoms with Gasteiger partial charge in [0.25, 0.3) is 0 Å². The molecule has 3 aromatic rings. The van der Waals surface area contributed by atoms with Crippen molar-refractivity contribution in [3.8, 4) is 11.1 Å². The van der Waals surface area contributed by atoms with Gasteiger partial charge in [-0.3, -0.25) is 4.79 Å². The lowest BCUT2D eigenvalue weighted by molar-refractivity contribution is 0.103. The van der Waals surface area contributed by atoms with Crippen molar-refractivity contribution < 1.29 is 4.79 Å². The van der Waals surface area contributed by atoms with Crippen molar-refractivity contribution >= 4 is 5.78 Å². The van der Waals surface area contributed by atoms with Gasteiger partial charge >= 0.3 is 0 Å². The fourth-order valence-electron chi connectivity index (χ4n) is 2.49. The zero-order chi connectivity index (χ0) is 15.5. The minimum absolute atomic E-state index is 0.0720. The summed E-state index contributed by atoms with van der Waals surface area (Å²) in [5.74, 6) is 0.0720. The summed E-state index contributed by atoms with van der Waals surface area (Å²) >= 11 is 0. The third kappa shape index (κ3) is 2.84. The summed E-state index contributed by atoms with van der Waals surface area (Å²) in [6.45, 7) is 4.09. The molecule has 1 nitrogen and oxygen atoms in total. The van der Waals surface area contributed by atoms with Crippen LogP contribution in [0.5, 0.6) is 0 Å². The predicted octanol–water partition coefficient (Wildman–Crippen LogP) is 5.20. The molecule has 0 spiro atoms. The summed E-state index contributed by atoms with van der Waals surface area (Å²) in [5, 5.41) is 0. The summed E-state index contributed by atoms with van der Waals surface area (Å²) in [5.41, 5.74) is 6.10. The maximum Gasteiger partial charge on any atom is 0.193 e. The Kier molecular flexibility index (Phi) is 3.88. The van der Waals surface area contributed by atoms with Crippen molar-refractivity contribution in [2.75, 3.05) is 0 Å². The second-order valence-corrected chi connectivity index (χ2v) is 5.57. The summed E-state index contributed by atoms with van der Waals surface area (Å²) in [6.07, 6.45) is 0. The van der Waals surface area contributed by atoms with Crippen LogP contribution in [0.4, 0.5) is 0 Å². The highest BCUT2D eigenvalue weighted by Crippen LogP contribution is 2.21. The van der Waals surface area contributed by atoms with E-state index in [4.69, 9.17) is 0 Å². The van der Waals surface area contributed by atoms with Gasteiger partial charge in [-0.1, -0.05) is 66.7 Å². The molecule has 1 heteroatoms. The van der Waals surface area contributed by atoms with Crippen LogP contribution in [-0.4, -0.2) is 5.78 Å². The molecule has 3 aromatic carbocycles. The standard InChI is InChI=1S/C21H18O/c1-15-8-9-20(14-16(15)2)21(22)19-12-10-18(11-13-19)17-6-4-3-5-7-17/h3-14H,1-2H3. The van der Waals surface area contributed by atoms with Crippen LogP contribution >= 0.6 is 0 Å². The van der Waals surface area contributed by atoms with Crippen molar-refractivity contribution in [2.45, 2.75) is 13.8 Å². The van der Waals surface area contributed by atoms with Gasteiger partial charge in [0.1, 0.15) is 0 Å². The van der Waals surface area contributed by atoms with Crippen molar-refractivity contribution in [1.29, 1.82) is 0 Å². The second-order valence-electron chi connectivity index (χ2n) is 5.57. The van der Waals surface area contributed by atoms with Crippen molar-refractivity contribution in [3.63, 3.8) is 0 Å². The maximum absolute atomic E-state index is 12.6. The molecule has 0 saturated carbocycles. The lowest BCUT2D eigenvalue weighted by Gasteiger charge is -2.06. The Morgan fingerprint density at radius 1 is 0.636 bits per heavy atom. The topological polar surface area (TPSA) is 17.1 Å². The van der Waals surface area contributed by atoms with Crippen molar-refractivity contribution in [3.05, 3.63) is 95.1 Å². The molecule has 0 aliphatic carbocycles. The molecule has 108 valence electrons. The first-order valence-electron chi connectivity index (χ1n) is 7.42. The average Bonchev–Trinajstić information content (AvgIpc) is 2.58.